The van der Waals surface area contributed by atoms with Crippen LogP contribution in [-0.2, 0) is 0 Å². The first-order chi connectivity index (χ1) is 9.56. The molecular formula is C17H20FNO. The van der Waals surface area contributed by atoms with E-state index in [1.165, 1.54) is 12.1 Å². The van der Waals surface area contributed by atoms with Gasteiger partial charge in [0, 0.05) is 12.2 Å². The molecule has 2 N–H and O–H groups in total. The van der Waals surface area contributed by atoms with Gasteiger partial charge in [0.05, 0.1) is 6.10 Å². The highest BCUT2D eigenvalue weighted by Gasteiger charge is 2.10. The average Bonchev–Trinajstić information content (AvgIpc) is 2.43. The minimum absolute atomic E-state index is 0.244. The Labute approximate surface area is 119 Å². The number of hydrogen-bond acceptors (Lipinski definition) is 2. The number of nitrogens with one attached hydrogen (secondary N) is 1. The molecule has 2 rings (SSSR count). The maximum Gasteiger partial charge on any atom is 0.123 e. The largest absolute Gasteiger partial charge is 0.388 e. The molecule has 0 heterocycles. The zero-order chi connectivity index (χ0) is 14.5. The van der Waals surface area contributed by atoms with Gasteiger partial charge in [0.1, 0.15) is 5.82 Å². The number of anilines is 1. The SMILES string of the molecule is Cc1ccc(C)c(C(O)CCNc2ccc(F)cc2)c1. The van der Waals surface area contributed by atoms with Gasteiger partial charge in [0.25, 0.3) is 0 Å². The van der Waals surface area contributed by atoms with Gasteiger partial charge in [0.15, 0.2) is 0 Å². The Kier molecular flexibility index (Phi) is 4.74. The second kappa shape index (κ2) is 6.53. The van der Waals surface area contributed by atoms with Crippen LogP contribution < -0.4 is 5.32 Å². The Bertz CT molecular complexity index is 566. The average molecular weight is 273 g/mol. The minimum atomic E-state index is -0.483. The number of hydrogen-bond donors (Lipinski definition) is 2. The summed E-state index contributed by atoms with van der Waals surface area (Å²) in [5.41, 5.74) is 4.09. The third kappa shape index (κ3) is 3.81. The van der Waals surface area contributed by atoms with Gasteiger partial charge in [-0.3, -0.25) is 0 Å². The predicted octanol–water partition coefficient (Wildman–Crippen LogP) is 3.98. The molecule has 2 aromatic rings. The highest BCUT2D eigenvalue weighted by Crippen LogP contribution is 2.22. The summed E-state index contributed by atoms with van der Waals surface area (Å²) in [6.45, 7) is 4.66. The fourth-order valence-corrected chi connectivity index (χ4v) is 2.20. The first kappa shape index (κ1) is 14.5. The van der Waals surface area contributed by atoms with Crippen molar-refractivity contribution in [2.45, 2.75) is 26.4 Å². The highest BCUT2D eigenvalue weighted by atomic mass is 19.1. The molecule has 0 saturated carbocycles. The Balaban J connectivity index is 1.90. The van der Waals surface area contributed by atoms with E-state index in [0.717, 1.165) is 22.4 Å². The van der Waals surface area contributed by atoms with E-state index < -0.39 is 6.10 Å². The number of halogens is 1. The lowest BCUT2D eigenvalue weighted by atomic mass is 9.99. The molecule has 0 radical (unpaired) electrons. The quantitative estimate of drug-likeness (QED) is 0.863. The van der Waals surface area contributed by atoms with Crippen molar-refractivity contribution in [3.63, 3.8) is 0 Å². The summed E-state index contributed by atoms with van der Waals surface area (Å²) in [5.74, 6) is -0.244. The lowest BCUT2D eigenvalue weighted by Crippen LogP contribution is -2.08. The maximum absolute atomic E-state index is 12.8. The van der Waals surface area contributed by atoms with Crippen LogP contribution in [0.5, 0.6) is 0 Å². The van der Waals surface area contributed by atoms with Crippen LogP contribution in [0.4, 0.5) is 10.1 Å². The molecule has 20 heavy (non-hydrogen) atoms. The van der Waals surface area contributed by atoms with Crippen LogP contribution in [-0.4, -0.2) is 11.7 Å². The molecule has 2 aromatic carbocycles. The molecule has 1 unspecified atom stereocenters. The van der Waals surface area contributed by atoms with Crippen molar-refractivity contribution in [1.82, 2.24) is 0 Å². The second-order valence-electron chi connectivity index (χ2n) is 5.10. The zero-order valence-electron chi connectivity index (χ0n) is 11.9. The molecule has 0 spiro atoms. The molecule has 0 aliphatic carbocycles. The van der Waals surface area contributed by atoms with E-state index in [9.17, 15) is 9.50 Å². The van der Waals surface area contributed by atoms with Crippen LogP contribution in [0.25, 0.3) is 0 Å². The van der Waals surface area contributed by atoms with Crippen molar-refractivity contribution in [3.8, 4) is 0 Å². The van der Waals surface area contributed by atoms with Gasteiger partial charge < -0.3 is 10.4 Å². The van der Waals surface area contributed by atoms with E-state index in [-0.39, 0.29) is 5.82 Å². The van der Waals surface area contributed by atoms with E-state index in [0.29, 0.717) is 13.0 Å². The van der Waals surface area contributed by atoms with Crippen molar-refractivity contribution >= 4 is 5.69 Å². The Morgan fingerprint density at radius 3 is 2.50 bits per heavy atom. The first-order valence-electron chi connectivity index (χ1n) is 6.81. The number of rotatable bonds is 5. The van der Waals surface area contributed by atoms with Crippen molar-refractivity contribution in [3.05, 3.63) is 65.0 Å². The molecule has 0 aliphatic rings. The van der Waals surface area contributed by atoms with Gasteiger partial charge in [-0.1, -0.05) is 23.8 Å². The van der Waals surface area contributed by atoms with Crippen molar-refractivity contribution < 1.29 is 9.50 Å². The highest BCUT2D eigenvalue weighted by molar-refractivity contribution is 5.42. The summed E-state index contributed by atoms with van der Waals surface area (Å²) < 4.78 is 12.8. The topological polar surface area (TPSA) is 32.3 Å². The van der Waals surface area contributed by atoms with Crippen molar-refractivity contribution in [1.29, 1.82) is 0 Å². The summed E-state index contributed by atoms with van der Waals surface area (Å²) in [4.78, 5) is 0. The zero-order valence-corrected chi connectivity index (χ0v) is 11.9. The van der Waals surface area contributed by atoms with Crippen molar-refractivity contribution in [2.24, 2.45) is 0 Å². The number of aliphatic hydroxyl groups excluding tert-OH is 1. The fraction of sp³-hybridized carbons (Fsp3) is 0.294. The fourth-order valence-electron chi connectivity index (χ4n) is 2.20. The Hall–Kier alpha value is -1.87. The number of benzene rings is 2. The third-order valence-electron chi connectivity index (χ3n) is 3.38. The van der Waals surface area contributed by atoms with Crippen LogP contribution in [0, 0.1) is 19.7 Å². The molecular weight excluding hydrogens is 253 g/mol. The molecule has 106 valence electrons. The summed E-state index contributed by atoms with van der Waals surface area (Å²) in [6, 6.07) is 12.3. The Morgan fingerprint density at radius 1 is 1.10 bits per heavy atom. The van der Waals surface area contributed by atoms with E-state index >= 15 is 0 Å². The molecule has 3 heteroatoms. The molecule has 0 aliphatic heterocycles. The molecule has 0 aromatic heterocycles. The molecule has 0 saturated heterocycles. The summed E-state index contributed by atoms with van der Waals surface area (Å²) >= 11 is 0. The standard InChI is InChI=1S/C17H20FNO/c1-12-3-4-13(2)16(11-12)17(20)9-10-19-15-7-5-14(18)6-8-15/h3-8,11,17,19-20H,9-10H2,1-2H3. The van der Waals surface area contributed by atoms with Gasteiger partial charge in [-0.05, 0) is 55.7 Å². The molecule has 1 atom stereocenters. The molecule has 0 fully saturated rings. The van der Waals surface area contributed by atoms with E-state index in [2.05, 4.69) is 5.32 Å². The lowest BCUT2D eigenvalue weighted by Gasteiger charge is -2.15. The normalized spacial score (nSPS) is 12.2. The van der Waals surface area contributed by atoms with Crippen LogP contribution in [0.3, 0.4) is 0 Å². The smallest absolute Gasteiger partial charge is 0.123 e. The first-order valence-corrected chi connectivity index (χ1v) is 6.81. The van der Waals surface area contributed by atoms with Gasteiger partial charge in [-0.25, -0.2) is 4.39 Å². The van der Waals surface area contributed by atoms with Gasteiger partial charge in [-0.2, -0.15) is 0 Å². The van der Waals surface area contributed by atoms with Crippen LogP contribution in [0.2, 0.25) is 0 Å². The van der Waals surface area contributed by atoms with E-state index in [1.54, 1.807) is 12.1 Å². The van der Waals surface area contributed by atoms with Crippen molar-refractivity contribution in [2.75, 3.05) is 11.9 Å². The molecule has 0 amide bonds. The minimum Gasteiger partial charge on any atom is -0.388 e. The van der Waals surface area contributed by atoms with E-state index in [1.807, 2.05) is 32.0 Å². The van der Waals surface area contributed by atoms with Gasteiger partial charge >= 0.3 is 0 Å². The van der Waals surface area contributed by atoms with E-state index in [4.69, 9.17) is 0 Å². The summed E-state index contributed by atoms with van der Waals surface area (Å²) in [5, 5.41) is 13.4. The van der Waals surface area contributed by atoms with Crippen LogP contribution >= 0.6 is 0 Å². The second-order valence-corrected chi connectivity index (χ2v) is 5.10. The van der Waals surface area contributed by atoms with Gasteiger partial charge in [0.2, 0.25) is 0 Å². The Morgan fingerprint density at radius 2 is 1.80 bits per heavy atom. The predicted molar refractivity (Wildman–Crippen MR) is 80.4 cm³/mol. The summed E-state index contributed by atoms with van der Waals surface area (Å²) in [6.07, 6.45) is 0.129. The maximum atomic E-state index is 12.8. The van der Waals surface area contributed by atoms with Gasteiger partial charge in [-0.15, -0.1) is 0 Å². The number of aliphatic hydroxyl groups is 1. The van der Waals surface area contributed by atoms with Crippen LogP contribution in [0.1, 0.15) is 29.2 Å². The molecule has 0 bridgehead atoms. The third-order valence-corrected chi connectivity index (χ3v) is 3.38. The monoisotopic (exact) mass is 273 g/mol. The molecule has 2 nitrogen and oxygen atoms in total. The lowest BCUT2D eigenvalue weighted by molar-refractivity contribution is 0.171. The van der Waals surface area contributed by atoms with Crippen LogP contribution in [0.15, 0.2) is 42.5 Å². The summed E-state index contributed by atoms with van der Waals surface area (Å²) in [7, 11) is 0. The number of aryl methyl sites for hydroxylation is 2.